The molecule has 7 heteroatoms. The van der Waals surface area contributed by atoms with Crippen LogP contribution in [0.5, 0.6) is 0 Å². The van der Waals surface area contributed by atoms with E-state index in [0.29, 0.717) is 22.6 Å². The van der Waals surface area contributed by atoms with E-state index in [2.05, 4.69) is 0 Å². The van der Waals surface area contributed by atoms with Gasteiger partial charge in [0.2, 0.25) is 10.0 Å². The van der Waals surface area contributed by atoms with Crippen LogP contribution in [-0.2, 0) is 14.8 Å². The Morgan fingerprint density at radius 1 is 1.33 bits per heavy atom. The van der Waals surface area contributed by atoms with Gasteiger partial charge in [0, 0.05) is 17.0 Å². The minimum absolute atomic E-state index is 0.170. The summed E-state index contributed by atoms with van der Waals surface area (Å²) in [4.78, 5) is 12.3. The van der Waals surface area contributed by atoms with Gasteiger partial charge in [-0.25, -0.2) is 8.42 Å². The highest BCUT2D eigenvalue weighted by Gasteiger charge is 2.54. The van der Waals surface area contributed by atoms with Crippen LogP contribution in [0.15, 0.2) is 34.1 Å². The fraction of sp³-hybridized carbons (Fsp3) is 0.500. The van der Waals surface area contributed by atoms with Crippen LogP contribution in [0.4, 0.5) is 0 Å². The zero-order valence-corrected chi connectivity index (χ0v) is 13.2. The highest BCUT2D eigenvalue weighted by Crippen LogP contribution is 2.45. The van der Waals surface area contributed by atoms with Crippen molar-refractivity contribution < 1.29 is 18.3 Å². The second-order valence-corrected chi connectivity index (χ2v) is 8.12. The van der Waals surface area contributed by atoms with Gasteiger partial charge in [0.25, 0.3) is 0 Å². The molecule has 21 heavy (non-hydrogen) atoms. The van der Waals surface area contributed by atoms with Crippen LogP contribution in [0.3, 0.4) is 0 Å². The molecule has 2 saturated heterocycles. The largest absolute Gasteiger partial charge is 0.481 e. The molecule has 3 atom stereocenters. The molecule has 0 radical (unpaired) electrons. The fourth-order valence-corrected chi connectivity index (χ4v) is 6.57. The van der Waals surface area contributed by atoms with Crippen molar-refractivity contribution in [3.63, 3.8) is 0 Å². The van der Waals surface area contributed by atoms with E-state index in [1.165, 1.54) is 16.1 Å². The standard InChI is InChI=1S/C14H17NO4S2/c1-20-12-4-2-3-5-13(12)21(18,19)15-9-6-7-11(15)10(8-9)14(16)17/h2-5,9-11H,6-8H2,1H3,(H,16,17). The number of benzene rings is 1. The van der Waals surface area contributed by atoms with E-state index in [9.17, 15) is 18.3 Å². The molecule has 0 aromatic heterocycles. The molecule has 0 spiro atoms. The number of hydrogen-bond acceptors (Lipinski definition) is 4. The van der Waals surface area contributed by atoms with Crippen LogP contribution >= 0.6 is 11.8 Å². The monoisotopic (exact) mass is 327 g/mol. The van der Waals surface area contributed by atoms with Gasteiger partial charge in [0.05, 0.1) is 10.8 Å². The Hall–Kier alpha value is -1.05. The summed E-state index contributed by atoms with van der Waals surface area (Å²) >= 11 is 1.39. The smallest absolute Gasteiger partial charge is 0.308 e. The Morgan fingerprint density at radius 2 is 2.05 bits per heavy atom. The summed E-state index contributed by atoms with van der Waals surface area (Å²) in [5, 5.41) is 9.26. The number of aliphatic carboxylic acids is 1. The number of fused-ring (bicyclic) bond motifs is 2. The van der Waals surface area contributed by atoms with Crippen molar-refractivity contribution in [2.75, 3.05) is 6.26 Å². The van der Waals surface area contributed by atoms with Gasteiger partial charge in [-0.3, -0.25) is 4.79 Å². The normalized spacial score (nSPS) is 28.9. The number of carbonyl (C=O) groups is 1. The molecule has 114 valence electrons. The first-order chi connectivity index (χ1) is 9.96. The third-order valence-electron chi connectivity index (χ3n) is 4.41. The number of carboxylic acids is 1. The van der Waals surface area contributed by atoms with Gasteiger partial charge in [-0.05, 0) is 37.7 Å². The topological polar surface area (TPSA) is 74.7 Å². The molecule has 0 saturated carbocycles. The van der Waals surface area contributed by atoms with Crippen LogP contribution < -0.4 is 0 Å². The maximum absolute atomic E-state index is 13.0. The van der Waals surface area contributed by atoms with E-state index < -0.39 is 28.0 Å². The second kappa shape index (κ2) is 5.30. The molecule has 0 amide bonds. The van der Waals surface area contributed by atoms with Gasteiger partial charge < -0.3 is 5.11 Å². The maximum Gasteiger partial charge on any atom is 0.308 e. The quantitative estimate of drug-likeness (QED) is 0.857. The lowest BCUT2D eigenvalue weighted by molar-refractivity contribution is -0.142. The van der Waals surface area contributed by atoms with E-state index in [1.54, 1.807) is 18.2 Å². The first kappa shape index (κ1) is 14.9. The van der Waals surface area contributed by atoms with Crippen LogP contribution in [0.25, 0.3) is 0 Å². The van der Waals surface area contributed by atoms with Gasteiger partial charge in [-0.1, -0.05) is 12.1 Å². The molecule has 2 aliphatic rings. The average Bonchev–Trinajstić information content (AvgIpc) is 3.05. The molecular formula is C14H17NO4S2. The number of nitrogens with zero attached hydrogens (tertiary/aromatic N) is 1. The van der Waals surface area contributed by atoms with Crippen molar-refractivity contribution >= 4 is 27.8 Å². The summed E-state index contributed by atoms with van der Waals surface area (Å²) in [5.41, 5.74) is 0. The summed E-state index contributed by atoms with van der Waals surface area (Å²) in [6.07, 6.45) is 3.67. The third-order valence-corrected chi connectivity index (χ3v) is 7.38. The lowest BCUT2D eigenvalue weighted by atomic mass is 9.89. The van der Waals surface area contributed by atoms with Crippen molar-refractivity contribution in [3.8, 4) is 0 Å². The molecule has 1 aromatic carbocycles. The second-order valence-electron chi connectivity index (χ2n) is 5.46. The summed E-state index contributed by atoms with van der Waals surface area (Å²) in [7, 11) is -3.63. The molecular weight excluding hydrogens is 310 g/mol. The van der Waals surface area contributed by atoms with E-state index in [4.69, 9.17) is 0 Å². The van der Waals surface area contributed by atoms with E-state index >= 15 is 0 Å². The zero-order valence-electron chi connectivity index (χ0n) is 11.6. The molecule has 3 rings (SSSR count). The molecule has 2 aliphatic heterocycles. The summed E-state index contributed by atoms with van der Waals surface area (Å²) in [6, 6.07) is 6.34. The van der Waals surface area contributed by atoms with Crippen molar-refractivity contribution in [3.05, 3.63) is 24.3 Å². The van der Waals surface area contributed by atoms with E-state index in [1.807, 2.05) is 12.3 Å². The molecule has 5 nitrogen and oxygen atoms in total. The highest BCUT2D eigenvalue weighted by molar-refractivity contribution is 7.99. The van der Waals surface area contributed by atoms with Gasteiger partial charge in [-0.15, -0.1) is 11.8 Å². The Bertz CT molecular complexity index is 673. The van der Waals surface area contributed by atoms with Gasteiger partial charge in [0.1, 0.15) is 0 Å². The molecule has 1 N–H and O–H groups in total. The molecule has 2 fully saturated rings. The summed E-state index contributed by atoms with van der Waals surface area (Å²) < 4.78 is 27.4. The molecule has 0 aliphatic carbocycles. The van der Waals surface area contributed by atoms with Crippen molar-refractivity contribution in [2.24, 2.45) is 5.92 Å². The summed E-state index contributed by atoms with van der Waals surface area (Å²) in [6.45, 7) is 0. The van der Waals surface area contributed by atoms with Crippen LogP contribution in [-0.4, -0.2) is 42.1 Å². The van der Waals surface area contributed by atoms with Crippen LogP contribution in [0, 0.1) is 5.92 Å². The Kier molecular flexibility index (Phi) is 3.75. The molecule has 1 aromatic rings. The fourth-order valence-electron chi connectivity index (χ4n) is 3.52. The molecule has 2 heterocycles. The molecule has 2 bridgehead atoms. The van der Waals surface area contributed by atoms with Crippen molar-refractivity contribution in [2.45, 2.75) is 41.1 Å². The van der Waals surface area contributed by atoms with Gasteiger partial charge in [-0.2, -0.15) is 4.31 Å². The highest BCUT2D eigenvalue weighted by atomic mass is 32.2. The minimum atomic E-state index is -3.63. The number of sulfonamides is 1. The number of carboxylic acid groups (broad SMARTS) is 1. The maximum atomic E-state index is 13.0. The van der Waals surface area contributed by atoms with Crippen LogP contribution in [0.2, 0.25) is 0 Å². The minimum Gasteiger partial charge on any atom is -0.481 e. The lowest BCUT2D eigenvalue weighted by Gasteiger charge is -2.23. The van der Waals surface area contributed by atoms with Crippen LogP contribution in [0.1, 0.15) is 19.3 Å². The van der Waals surface area contributed by atoms with Crippen molar-refractivity contribution in [1.29, 1.82) is 0 Å². The summed E-state index contributed by atoms with van der Waals surface area (Å²) in [5.74, 6) is -1.46. The number of hydrogen-bond donors (Lipinski definition) is 1. The number of rotatable bonds is 4. The Morgan fingerprint density at radius 3 is 2.67 bits per heavy atom. The number of thioether (sulfide) groups is 1. The Labute approximate surface area is 128 Å². The van der Waals surface area contributed by atoms with E-state index in [-0.39, 0.29) is 6.04 Å². The Balaban J connectivity index is 2.02. The third kappa shape index (κ3) is 2.27. The SMILES string of the molecule is CSc1ccccc1S(=O)(=O)N1C2CCC1C(C(=O)O)C2. The predicted molar refractivity (Wildman–Crippen MR) is 79.8 cm³/mol. The average molecular weight is 327 g/mol. The molecule has 3 unspecified atom stereocenters. The zero-order chi connectivity index (χ0) is 15.2. The van der Waals surface area contributed by atoms with E-state index in [0.717, 1.165) is 6.42 Å². The van der Waals surface area contributed by atoms with Gasteiger partial charge >= 0.3 is 5.97 Å². The lowest BCUT2D eigenvalue weighted by Crippen LogP contribution is -2.38. The van der Waals surface area contributed by atoms with Gasteiger partial charge in [0.15, 0.2) is 0 Å². The first-order valence-corrected chi connectivity index (χ1v) is 9.52. The van der Waals surface area contributed by atoms with Crippen molar-refractivity contribution in [1.82, 2.24) is 4.31 Å². The predicted octanol–water partition coefficient (Wildman–Crippen LogP) is 2.03. The first-order valence-electron chi connectivity index (χ1n) is 6.86.